The van der Waals surface area contributed by atoms with Crippen molar-refractivity contribution in [2.45, 2.75) is 50.0 Å². The van der Waals surface area contributed by atoms with Gasteiger partial charge in [0.15, 0.2) is 0 Å². The molecule has 0 unspecified atom stereocenters. The van der Waals surface area contributed by atoms with Gasteiger partial charge in [-0.1, -0.05) is 19.3 Å². The highest BCUT2D eigenvalue weighted by molar-refractivity contribution is 7.89. The lowest BCUT2D eigenvalue weighted by Crippen LogP contribution is -2.42. The van der Waals surface area contributed by atoms with Gasteiger partial charge < -0.3 is 9.64 Å². The standard InChI is InChI=1S/C18H27N3O5S/c1-2-20(15-6-4-3-5-7-15)17-9-8-16(21(22)23)14-18(17)27(24,25)19-10-12-26-13-11-19/h8-9,14-15H,2-7,10-13H2,1H3. The van der Waals surface area contributed by atoms with Gasteiger partial charge in [-0.15, -0.1) is 0 Å². The number of rotatable bonds is 6. The van der Waals surface area contributed by atoms with Crippen LogP contribution in [0.15, 0.2) is 23.1 Å². The lowest BCUT2D eigenvalue weighted by molar-refractivity contribution is -0.385. The van der Waals surface area contributed by atoms with Crippen LogP contribution in [-0.2, 0) is 14.8 Å². The molecule has 1 aliphatic carbocycles. The minimum atomic E-state index is -3.84. The maximum Gasteiger partial charge on any atom is 0.270 e. The predicted molar refractivity (Wildman–Crippen MR) is 103 cm³/mol. The van der Waals surface area contributed by atoms with Crippen LogP contribution in [-0.4, -0.2) is 56.5 Å². The molecule has 0 amide bonds. The maximum atomic E-state index is 13.3. The Kier molecular flexibility index (Phi) is 6.33. The first kappa shape index (κ1) is 20.0. The monoisotopic (exact) mass is 397 g/mol. The zero-order chi connectivity index (χ0) is 19.4. The summed E-state index contributed by atoms with van der Waals surface area (Å²) in [5.41, 5.74) is 0.367. The molecule has 150 valence electrons. The fourth-order valence-corrected chi connectivity index (χ4v) is 5.63. The number of morpholine rings is 1. The maximum absolute atomic E-state index is 13.3. The molecule has 1 aromatic carbocycles. The Hall–Kier alpha value is -1.71. The minimum absolute atomic E-state index is 0.0334. The van der Waals surface area contributed by atoms with Crippen LogP contribution in [0.25, 0.3) is 0 Å². The Morgan fingerprint density at radius 2 is 1.89 bits per heavy atom. The van der Waals surface area contributed by atoms with Crippen LogP contribution in [0.5, 0.6) is 0 Å². The van der Waals surface area contributed by atoms with Crippen molar-refractivity contribution in [3.8, 4) is 0 Å². The van der Waals surface area contributed by atoms with Gasteiger partial charge in [0.1, 0.15) is 4.90 Å². The van der Waals surface area contributed by atoms with Gasteiger partial charge in [0.25, 0.3) is 5.69 Å². The van der Waals surface area contributed by atoms with E-state index in [4.69, 9.17) is 4.74 Å². The molecule has 0 radical (unpaired) electrons. The summed E-state index contributed by atoms with van der Waals surface area (Å²) in [5, 5.41) is 11.3. The molecule has 0 aromatic heterocycles. The van der Waals surface area contributed by atoms with Gasteiger partial charge in [-0.3, -0.25) is 10.1 Å². The van der Waals surface area contributed by atoms with Crippen molar-refractivity contribution in [3.05, 3.63) is 28.3 Å². The topological polar surface area (TPSA) is 93.0 Å². The van der Waals surface area contributed by atoms with E-state index in [-0.39, 0.29) is 29.7 Å². The highest BCUT2D eigenvalue weighted by atomic mass is 32.2. The normalized spacial score (nSPS) is 19.7. The quantitative estimate of drug-likeness (QED) is 0.541. The van der Waals surface area contributed by atoms with Crippen molar-refractivity contribution in [2.75, 3.05) is 37.7 Å². The third-order valence-electron chi connectivity index (χ3n) is 5.41. The van der Waals surface area contributed by atoms with Crippen molar-refractivity contribution >= 4 is 21.4 Å². The lowest BCUT2D eigenvalue weighted by atomic mass is 9.94. The number of benzene rings is 1. The summed E-state index contributed by atoms with van der Waals surface area (Å²) in [5.74, 6) is 0. The summed E-state index contributed by atoms with van der Waals surface area (Å²) >= 11 is 0. The lowest BCUT2D eigenvalue weighted by Gasteiger charge is -2.37. The van der Waals surface area contributed by atoms with Gasteiger partial charge in [-0.05, 0) is 25.8 Å². The molecule has 1 heterocycles. The van der Waals surface area contributed by atoms with E-state index in [0.29, 0.717) is 25.4 Å². The Balaban J connectivity index is 2.06. The zero-order valence-electron chi connectivity index (χ0n) is 15.7. The average Bonchev–Trinajstić information content (AvgIpc) is 2.70. The molecular formula is C18H27N3O5S. The van der Waals surface area contributed by atoms with Crippen LogP contribution < -0.4 is 4.90 Å². The third-order valence-corrected chi connectivity index (χ3v) is 7.34. The molecule has 9 heteroatoms. The second-order valence-corrected chi connectivity index (χ2v) is 8.91. The van der Waals surface area contributed by atoms with Gasteiger partial charge in [-0.2, -0.15) is 4.31 Å². The molecule has 0 atom stereocenters. The van der Waals surface area contributed by atoms with E-state index >= 15 is 0 Å². The van der Waals surface area contributed by atoms with Crippen molar-refractivity contribution < 1.29 is 18.1 Å². The first-order valence-electron chi connectivity index (χ1n) is 9.58. The number of hydrogen-bond donors (Lipinski definition) is 0. The SMILES string of the molecule is CCN(c1ccc([N+](=O)[O-])cc1S(=O)(=O)N1CCOCC1)C1CCCCC1. The van der Waals surface area contributed by atoms with Crippen LogP contribution >= 0.6 is 0 Å². The second kappa shape index (κ2) is 8.53. The van der Waals surface area contributed by atoms with Gasteiger partial charge in [0.2, 0.25) is 10.0 Å². The summed E-state index contributed by atoms with van der Waals surface area (Å²) in [6.07, 6.45) is 5.48. The molecule has 0 spiro atoms. The third kappa shape index (κ3) is 4.25. The van der Waals surface area contributed by atoms with Crippen LogP contribution in [0.4, 0.5) is 11.4 Å². The van der Waals surface area contributed by atoms with Gasteiger partial charge in [0, 0.05) is 37.8 Å². The Morgan fingerprint density at radius 1 is 1.22 bits per heavy atom. The summed E-state index contributed by atoms with van der Waals surface area (Å²) in [7, 11) is -3.84. The van der Waals surface area contributed by atoms with E-state index in [0.717, 1.165) is 25.7 Å². The smallest absolute Gasteiger partial charge is 0.270 e. The molecule has 8 nitrogen and oxygen atoms in total. The molecule has 1 aromatic rings. The fourth-order valence-electron chi connectivity index (χ4n) is 4.00. The van der Waals surface area contributed by atoms with Crippen molar-refractivity contribution in [1.82, 2.24) is 4.31 Å². The van der Waals surface area contributed by atoms with E-state index in [2.05, 4.69) is 4.90 Å². The molecule has 0 bridgehead atoms. The molecule has 1 aliphatic heterocycles. The van der Waals surface area contributed by atoms with E-state index < -0.39 is 14.9 Å². The predicted octanol–water partition coefficient (Wildman–Crippen LogP) is 2.77. The largest absolute Gasteiger partial charge is 0.379 e. The van der Waals surface area contributed by atoms with E-state index in [1.807, 2.05) is 6.92 Å². The zero-order valence-corrected chi connectivity index (χ0v) is 16.5. The first-order chi connectivity index (χ1) is 12.9. The Labute approximate surface area is 160 Å². The van der Waals surface area contributed by atoms with Crippen LogP contribution in [0, 0.1) is 10.1 Å². The number of nitro groups is 1. The number of sulfonamides is 1. The highest BCUT2D eigenvalue weighted by Gasteiger charge is 2.33. The fraction of sp³-hybridized carbons (Fsp3) is 0.667. The molecule has 2 aliphatic rings. The van der Waals surface area contributed by atoms with Crippen LogP contribution in [0.2, 0.25) is 0 Å². The highest BCUT2D eigenvalue weighted by Crippen LogP contribution is 2.35. The number of nitrogens with zero attached hydrogens (tertiary/aromatic N) is 3. The summed E-state index contributed by atoms with van der Waals surface area (Å²) in [4.78, 5) is 12.9. The van der Waals surface area contributed by atoms with Gasteiger partial charge in [-0.25, -0.2) is 8.42 Å². The Bertz CT molecular complexity index is 771. The van der Waals surface area contributed by atoms with E-state index in [1.54, 1.807) is 6.07 Å². The van der Waals surface area contributed by atoms with Gasteiger partial charge in [0.05, 0.1) is 23.8 Å². The number of nitro benzene ring substituents is 1. The molecule has 0 N–H and O–H groups in total. The van der Waals surface area contributed by atoms with Crippen LogP contribution in [0.1, 0.15) is 39.0 Å². The summed E-state index contributed by atoms with van der Waals surface area (Å²) < 4.78 is 33.2. The number of ether oxygens (including phenoxy) is 1. The summed E-state index contributed by atoms with van der Waals surface area (Å²) in [6.45, 7) is 3.86. The number of hydrogen-bond acceptors (Lipinski definition) is 6. The molecule has 3 rings (SSSR count). The molecule has 1 saturated heterocycles. The van der Waals surface area contributed by atoms with Crippen molar-refractivity contribution in [2.24, 2.45) is 0 Å². The summed E-state index contributed by atoms with van der Waals surface area (Å²) in [6, 6.07) is 4.48. The second-order valence-electron chi connectivity index (χ2n) is 7.00. The average molecular weight is 397 g/mol. The number of anilines is 1. The van der Waals surface area contributed by atoms with Crippen LogP contribution in [0.3, 0.4) is 0 Å². The van der Waals surface area contributed by atoms with Crippen molar-refractivity contribution in [1.29, 1.82) is 0 Å². The van der Waals surface area contributed by atoms with Crippen molar-refractivity contribution in [3.63, 3.8) is 0 Å². The molecule has 1 saturated carbocycles. The van der Waals surface area contributed by atoms with E-state index in [9.17, 15) is 18.5 Å². The first-order valence-corrected chi connectivity index (χ1v) is 11.0. The molecular weight excluding hydrogens is 370 g/mol. The molecule has 27 heavy (non-hydrogen) atoms. The molecule has 2 fully saturated rings. The van der Waals surface area contributed by atoms with E-state index in [1.165, 1.54) is 22.9 Å². The minimum Gasteiger partial charge on any atom is -0.379 e. The van der Waals surface area contributed by atoms with Gasteiger partial charge >= 0.3 is 0 Å². The Morgan fingerprint density at radius 3 is 2.48 bits per heavy atom. The number of non-ortho nitro benzene ring substituents is 1.